The minimum atomic E-state index is -3.55. The van der Waals surface area contributed by atoms with E-state index in [1.165, 1.54) is 0 Å². The fourth-order valence-electron chi connectivity index (χ4n) is 1.79. The number of anilines is 1. The Labute approximate surface area is 141 Å². The van der Waals surface area contributed by atoms with Crippen molar-refractivity contribution in [2.75, 3.05) is 31.6 Å². The number of ether oxygens (including phenoxy) is 1. The summed E-state index contributed by atoms with van der Waals surface area (Å²) < 4.78 is 29.0. The molecule has 1 unspecified atom stereocenters. The van der Waals surface area contributed by atoms with Crippen molar-refractivity contribution in [3.8, 4) is 0 Å². The van der Waals surface area contributed by atoms with E-state index in [1.54, 1.807) is 19.1 Å². The molecule has 23 heavy (non-hydrogen) atoms. The van der Waals surface area contributed by atoms with Gasteiger partial charge in [0, 0.05) is 36.0 Å². The van der Waals surface area contributed by atoms with Crippen molar-refractivity contribution in [3.63, 3.8) is 0 Å². The maximum absolute atomic E-state index is 11.5. The average molecular weight is 362 g/mol. The highest BCUT2D eigenvalue weighted by atomic mass is 32.9. The molecule has 7 nitrogen and oxygen atoms in total. The summed E-state index contributed by atoms with van der Waals surface area (Å²) in [5.41, 5.74) is 1.39. The van der Waals surface area contributed by atoms with E-state index in [0.29, 0.717) is 25.3 Å². The molecule has 0 radical (unpaired) electrons. The van der Waals surface area contributed by atoms with Crippen LogP contribution in [0.2, 0.25) is 0 Å². The number of rotatable bonds is 10. The van der Waals surface area contributed by atoms with E-state index in [-0.39, 0.29) is 18.6 Å². The number of benzene rings is 1. The number of carbonyl (C=O) groups excluding carboxylic acids is 1. The van der Waals surface area contributed by atoms with Crippen molar-refractivity contribution in [2.24, 2.45) is 0 Å². The van der Waals surface area contributed by atoms with Crippen molar-refractivity contribution < 1.29 is 22.5 Å². The lowest BCUT2D eigenvalue weighted by molar-refractivity contribution is 0.0526. The first-order valence-electron chi connectivity index (χ1n) is 7.18. The van der Waals surface area contributed by atoms with Crippen LogP contribution >= 0.6 is 0 Å². The summed E-state index contributed by atoms with van der Waals surface area (Å²) in [5.74, 6) is -0.337. The van der Waals surface area contributed by atoms with Gasteiger partial charge >= 0.3 is 5.97 Å². The first-order chi connectivity index (χ1) is 10.8. The van der Waals surface area contributed by atoms with Crippen LogP contribution in [0.25, 0.3) is 0 Å². The van der Waals surface area contributed by atoms with Gasteiger partial charge < -0.3 is 15.4 Å². The Morgan fingerprint density at radius 1 is 1.39 bits per heavy atom. The van der Waals surface area contributed by atoms with Crippen LogP contribution in [0.4, 0.5) is 5.69 Å². The van der Waals surface area contributed by atoms with Gasteiger partial charge in [0.1, 0.15) is 0 Å². The predicted octanol–water partition coefficient (Wildman–Crippen LogP) is 1.40. The molecule has 130 valence electrons. The average Bonchev–Trinajstić information content (AvgIpc) is 2.46. The zero-order valence-electron chi connectivity index (χ0n) is 13.1. The van der Waals surface area contributed by atoms with Gasteiger partial charge in [0.2, 0.25) is 0 Å². The quantitative estimate of drug-likeness (QED) is 0.425. The summed E-state index contributed by atoms with van der Waals surface area (Å²) in [7, 11) is -3.55. The zero-order valence-corrected chi connectivity index (χ0v) is 14.7. The minimum Gasteiger partial charge on any atom is -0.462 e. The second-order valence-electron chi connectivity index (χ2n) is 4.80. The standard InChI is InChI=1S/C14H22N2O5S2/c1-3-20-14(17)12-4-6-13(7-5-12)16-11(2)10-15-8-9-21-23(18,19)22/h4-7,11,15-16H,3,8-10H2,1-2H3,(H,18,19,22)/t11-/m0/s1. The molecule has 3 N–H and O–H groups in total. The highest BCUT2D eigenvalue weighted by molar-refractivity contribution is 8.27. The third-order valence-electron chi connectivity index (χ3n) is 2.77. The second kappa shape index (κ2) is 9.78. The molecule has 9 heteroatoms. The summed E-state index contributed by atoms with van der Waals surface area (Å²) in [5, 5.41) is 6.35. The van der Waals surface area contributed by atoms with Crippen LogP contribution in [-0.4, -0.2) is 47.1 Å². The van der Waals surface area contributed by atoms with Gasteiger partial charge in [0.25, 0.3) is 9.05 Å². The molecule has 1 aromatic rings. The molecule has 0 bridgehead atoms. The van der Waals surface area contributed by atoms with E-state index in [1.807, 2.05) is 19.1 Å². The molecule has 0 heterocycles. The molecular formula is C14H22N2O5S2. The molecule has 1 rings (SSSR count). The van der Waals surface area contributed by atoms with Crippen LogP contribution in [0.15, 0.2) is 24.3 Å². The van der Waals surface area contributed by atoms with Crippen LogP contribution in [-0.2, 0) is 29.2 Å². The summed E-state index contributed by atoms with van der Waals surface area (Å²) in [6.45, 7) is 5.22. The molecule has 1 aromatic carbocycles. The Kier molecular flexibility index (Phi) is 8.42. The summed E-state index contributed by atoms with van der Waals surface area (Å²) >= 11 is 4.21. The highest BCUT2D eigenvalue weighted by Crippen LogP contribution is 2.11. The van der Waals surface area contributed by atoms with Gasteiger partial charge in [-0.3, -0.25) is 8.74 Å². The maximum Gasteiger partial charge on any atom is 0.338 e. The molecular weight excluding hydrogens is 340 g/mol. The number of esters is 1. The van der Waals surface area contributed by atoms with Gasteiger partial charge in [-0.1, -0.05) is 0 Å². The van der Waals surface area contributed by atoms with Gasteiger partial charge in [-0.15, -0.1) is 0 Å². The van der Waals surface area contributed by atoms with E-state index in [2.05, 4.69) is 26.0 Å². The molecule has 0 fully saturated rings. The second-order valence-corrected chi connectivity index (χ2v) is 7.15. The topological polar surface area (TPSA) is 96.9 Å². The lowest BCUT2D eigenvalue weighted by Crippen LogP contribution is -2.32. The van der Waals surface area contributed by atoms with Crippen molar-refractivity contribution in [2.45, 2.75) is 19.9 Å². The van der Waals surface area contributed by atoms with E-state index in [9.17, 15) is 9.00 Å². The third kappa shape index (κ3) is 8.82. The minimum absolute atomic E-state index is 0.0692. The molecule has 0 aromatic heterocycles. The van der Waals surface area contributed by atoms with Crippen molar-refractivity contribution >= 4 is 31.9 Å². The van der Waals surface area contributed by atoms with Crippen LogP contribution < -0.4 is 10.6 Å². The van der Waals surface area contributed by atoms with Crippen molar-refractivity contribution in [1.82, 2.24) is 5.32 Å². The molecule has 0 aliphatic carbocycles. The number of nitrogens with one attached hydrogen (secondary N) is 2. The summed E-state index contributed by atoms with van der Waals surface area (Å²) in [4.78, 5) is 11.5. The summed E-state index contributed by atoms with van der Waals surface area (Å²) in [6.07, 6.45) is 0. The third-order valence-corrected chi connectivity index (χ3v) is 3.52. The van der Waals surface area contributed by atoms with E-state index in [4.69, 9.17) is 9.29 Å². The van der Waals surface area contributed by atoms with Crippen LogP contribution in [0.3, 0.4) is 0 Å². The Morgan fingerprint density at radius 3 is 2.61 bits per heavy atom. The first kappa shape index (κ1) is 19.8. The number of carbonyl (C=O) groups is 1. The Hall–Kier alpha value is -1.26. The van der Waals surface area contributed by atoms with E-state index in [0.717, 1.165) is 5.69 Å². The lowest BCUT2D eigenvalue weighted by Gasteiger charge is -2.16. The predicted molar refractivity (Wildman–Crippen MR) is 92.4 cm³/mol. The molecule has 0 aliphatic heterocycles. The van der Waals surface area contributed by atoms with Gasteiger partial charge in [0.15, 0.2) is 0 Å². The maximum atomic E-state index is 11.5. The SMILES string of the molecule is CCOC(=O)c1ccc(N[C@@H](C)CNCCOS(=O)(O)=S)cc1. The van der Waals surface area contributed by atoms with E-state index >= 15 is 0 Å². The van der Waals surface area contributed by atoms with E-state index < -0.39 is 9.05 Å². The van der Waals surface area contributed by atoms with Crippen molar-refractivity contribution in [3.05, 3.63) is 29.8 Å². The largest absolute Gasteiger partial charge is 0.462 e. The molecule has 0 amide bonds. The Bertz CT molecular complexity index is 590. The lowest BCUT2D eigenvalue weighted by atomic mass is 10.2. The number of hydrogen-bond donors (Lipinski definition) is 3. The fourth-order valence-corrected chi connectivity index (χ4v) is 2.29. The first-order valence-corrected chi connectivity index (χ1v) is 9.54. The van der Waals surface area contributed by atoms with Gasteiger partial charge in [-0.2, -0.15) is 4.21 Å². The molecule has 0 spiro atoms. The Morgan fingerprint density at radius 2 is 2.04 bits per heavy atom. The number of hydrogen-bond acceptors (Lipinski definition) is 7. The Balaban J connectivity index is 2.31. The monoisotopic (exact) mass is 362 g/mol. The zero-order chi connectivity index (χ0) is 17.3. The van der Waals surface area contributed by atoms with Gasteiger partial charge in [0.05, 0.1) is 18.8 Å². The smallest absolute Gasteiger partial charge is 0.338 e. The van der Waals surface area contributed by atoms with Crippen molar-refractivity contribution in [1.29, 1.82) is 0 Å². The van der Waals surface area contributed by atoms with Crippen LogP contribution in [0.5, 0.6) is 0 Å². The summed E-state index contributed by atoms with van der Waals surface area (Å²) in [6, 6.07) is 7.14. The molecule has 0 aliphatic rings. The molecule has 0 saturated carbocycles. The molecule has 2 atom stereocenters. The van der Waals surface area contributed by atoms with Gasteiger partial charge in [-0.05, 0) is 38.1 Å². The molecule has 0 saturated heterocycles. The van der Waals surface area contributed by atoms with Crippen LogP contribution in [0.1, 0.15) is 24.2 Å². The highest BCUT2D eigenvalue weighted by Gasteiger charge is 2.07. The normalized spacial score (nSPS) is 14.7. The van der Waals surface area contributed by atoms with Gasteiger partial charge in [-0.25, -0.2) is 4.79 Å². The fraction of sp³-hybridized carbons (Fsp3) is 0.500. The van der Waals surface area contributed by atoms with Crippen LogP contribution in [0, 0.1) is 0 Å².